The molecule has 2 rings (SSSR count). The summed E-state index contributed by atoms with van der Waals surface area (Å²) in [5, 5.41) is 6.02. The van der Waals surface area contributed by atoms with E-state index < -0.39 is 0 Å². The molecule has 0 bridgehead atoms. The molecule has 1 atom stereocenters. The first-order chi connectivity index (χ1) is 9.19. The second kappa shape index (κ2) is 6.49. The highest BCUT2D eigenvalue weighted by atomic mass is 16.5. The number of pyridine rings is 1. The predicted octanol–water partition coefficient (Wildman–Crippen LogP) is 0.185. The van der Waals surface area contributed by atoms with Gasteiger partial charge in [-0.05, 0) is 13.0 Å². The lowest BCUT2D eigenvalue weighted by Crippen LogP contribution is -2.43. The van der Waals surface area contributed by atoms with Gasteiger partial charge >= 0.3 is 0 Å². The van der Waals surface area contributed by atoms with E-state index in [1.807, 2.05) is 6.92 Å². The zero-order valence-corrected chi connectivity index (χ0v) is 11.0. The number of nitrogens with one attached hydrogen (secondary N) is 2. The van der Waals surface area contributed by atoms with Crippen LogP contribution in [0.4, 0.5) is 5.69 Å². The van der Waals surface area contributed by atoms with Crippen LogP contribution in [0.1, 0.15) is 13.3 Å². The third-order valence-corrected chi connectivity index (χ3v) is 3.04. The van der Waals surface area contributed by atoms with E-state index in [2.05, 4.69) is 10.6 Å². The fourth-order valence-corrected chi connectivity index (χ4v) is 2.04. The van der Waals surface area contributed by atoms with Crippen LogP contribution < -0.4 is 16.2 Å². The number of carbonyl (C=O) groups excluding carboxylic acids is 1. The number of ether oxygens (including phenoxy) is 1. The summed E-state index contributed by atoms with van der Waals surface area (Å²) in [5.74, 6) is -0.0793. The third kappa shape index (κ3) is 3.90. The highest BCUT2D eigenvalue weighted by Gasteiger charge is 2.16. The van der Waals surface area contributed by atoms with E-state index in [1.165, 1.54) is 6.07 Å². The van der Waals surface area contributed by atoms with Crippen LogP contribution in [-0.2, 0) is 16.1 Å². The van der Waals surface area contributed by atoms with E-state index in [9.17, 15) is 9.59 Å². The van der Waals surface area contributed by atoms with Crippen LogP contribution in [0, 0.1) is 0 Å². The minimum atomic E-state index is -0.0793. The lowest BCUT2D eigenvalue weighted by atomic mass is 10.2. The first-order valence-corrected chi connectivity index (χ1v) is 6.50. The molecule has 6 nitrogen and oxygen atoms in total. The molecule has 0 aromatic carbocycles. The Kier molecular flexibility index (Phi) is 4.70. The molecule has 1 unspecified atom stereocenters. The molecule has 1 saturated heterocycles. The van der Waals surface area contributed by atoms with Crippen molar-refractivity contribution < 1.29 is 9.53 Å². The standard InChI is InChI=1S/C13H19N3O3/c1-2-16-8-10(3-4-13(16)18)15-12(17)7-11-9-19-6-5-14-11/h3-4,8,11,14H,2,5-7,9H2,1H3,(H,15,17). The minimum Gasteiger partial charge on any atom is -0.378 e. The van der Waals surface area contributed by atoms with E-state index in [-0.39, 0.29) is 17.5 Å². The molecule has 1 aromatic heterocycles. The fraction of sp³-hybridized carbons (Fsp3) is 0.538. The number of aromatic nitrogens is 1. The monoisotopic (exact) mass is 265 g/mol. The molecule has 1 fully saturated rings. The maximum Gasteiger partial charge on any atom is 0.250 e. The van der Waals surface area contributed by atoms with Gasteiger partial charge < -0.3 is 19.9 Å². The molecule has 0 saturated carbocycles. The predicted molar refractivity (Wildman–Crippen MR) is 72.2 cm³/mol. The molecule has 2 N–H and O–H groups in total. The molecule has 1 aliphatic heterocycles. The second-order valence-corrected chi connectivity index (χ2v) is 4.52. The zero-order chi connectivity index (χ0) is 13.7. The Morgan fingerprint density at radius 3 is 3.11 bits per heavy atom. The SMILES string of the molecule is CCn1cc(NC(=O)CC2COCCN2)ccc1=O. The highest BCUT2D eigenvalue weighted by molar-refractivity contribution is 5.90. The van der Waals surface area contributed by atoms with Gasteiger partial charge in [-0.25, -0.2) is 0 Å². The molecule has 1 aromatic rings. The van der Waals surface area contributed by atoms with E-state index in [0.717, 1.165) is 6.54 Å². The van der Waals surface area contributed by atoms with Crippen LogP contribution in [0.15, 0.2) is 23.1 Å². The lowest BCUT2D eigenvalue weighted by molar-refractivity contribution is -0.117. The normalized spacial score (nSPS) is 19.1. The number of amides is 1. The van der Waals surface area contributed by atoms with E-state index in [1.54, 1.807) is 16.8 Å². The third-order valence-electron chi connectivity index (χ3n) is 3.04. The smallest absolute Gasteiger partial charge is 0.250 e. The van der Waals surface area contributed by atoms with Gasteiger partial charge in [0.2, 0.25) is 5.91 Å². The molecule has 1 aliphatic rings. The number of carbonyl (C=O) groups is 1. The average Bonchev–Trinajstić information content (AvgIpc) is 2.42. The lowest BCUT2D eigenvalue weighted by Gasteiger charge is -2.23. The van der Waals surface area contributed by atoms with Crippen LogP contribution in [0.25, 0.3) is 0 Å². The summed E-state index contributed by atoms with van der Waals surface area (Å²) in [4.78, 5) is 23.3. The molecule has 1 amide bonds. The first kappa shape index (κ1) is 13.8. The van der Waals surface area contributed by atoms with E-state index >= 15 is 0 Å². The van der Waals surface area contributed by atoms with Crippen molar-refractivity contribution in [2.75, 3.05) is 25.1 Å². The van der Waals surface area contributed by atoms with Gasteiger partial charge in [-0.2, -0.15) is 0 Å². The Morgan fingerprint density at radius 2 is 2.42 bits per heavy atom. The maximum atomic E-state index is 11.9. The maximum absolute atomic E-state index is 11.9. The van der Waals surface area contributed by atoms with Crippen molar-refractivity contribution in [1.29, 1.82) is 0 Å². The van der Waals surface area contributed by atoms with Crippen LogP contribution >= 0.6 is 0 Å². The number of hydrogen-bond donors (Lipinski definition) is 2. The van der Waals surface area contributed by atoms with Crippen molar-refractivity contribution in [1.82, 2.24) is 9.88 Å². The summed E-state index contributed by atoms with van der Waals surface area (Å²) in [6, 6.07) is 3.14. The number of aryl methyl sites for hydroxylation is 1. The zero-order valence-electron chi connectivity index (χ0n) is 11.0. The Labute approximate surface area is 111 Å². The van der Waals surface area contributed by atoms with Crippen LogP contribution in [0.3, 0.4) is 0 Å². The number of anilines is 1. The second-order valence-electron chi connectivity index (χ2n) is 4.52. The molecule has 0 spiro atoms. The Hall–Kier alpha value is -1.66. The van der Waals surface area contributed by atoms with E-state index in [0.29, 0.717) is 31.9 Å². The molecule has 0 radical (unpaired) electrons. The van der Waals surface area contributed by atoms with Crippen molar-refractivity contribution in [2.24, 2.45) is 0 Å². The van der Waals surface area contributed by atoms with Crippen molar-refractivity contribution in [3.63, 3.8) is 0 Å². The van der Waals surface area contributed by atoms with Gasteiger partial charge in [0.1, 0.15) is 0 Å². The summed E-state index contributed by atoms with van der Waals surface area (Å²) in [5.41, 5.74) is 0.575. The molecule has 6 heteroatoms. The van der Waals surface area contributed by atoms with Crippen LogP contribution in [0.2, 0.25) is 0 Å². The largest absolute Gasteiger partial charge is 0.378 e. The van der Waals surface area contributed by atoms with E-state index in [4.69, 9.17) is 4.74 Å². The Balaban J connectivity index is 1.92. The summed E-state index contributed by atoms with van der Waals surface area (Å²) in [6.07, 6.45) is 2.02. The van der Waals surface area contributed by atoms with Gasteiger partial charge in [-0.1, -0.05) is 0 Å². The quantitative estimate of drug-likeness (QED) is 0.815. The summed E-state index contributed by atoms with van der Waals surface area (Å²) in [7, 11) is 0. The van der Waals surface area contributed by atoms with Crippen molar-refractivity contribution >= 4 is 11.6 Å². The molecular formula is C13H19N3O3. The Morgan fingerprint density at radius 1 is 1.58 bits per heavy atom. The number of morpholine rings is 1. The van der Waals surface area contributed by atoms with Gasteiger partial charge in [-0.15, -0.1) is 0 Å². The van der Waals surface area contributed by atoms with Gasteiger partial charge in [0, 0.05) is 37.8 Å². The van der Waals surface area contributed by atoms with Crippen molar-refractivity contribution in [3.8, 4) is 0 Å². The van der Waals surface area contributed by atoms with Crippen LogP contribution in [0.5, 0.6) is 0 Å². The molecule has 0 aliphatic carbocycles. The Bertz CT molecular complexity index is 492. The molecular weight excluding hydrogens is 246 g/mol. The molecule has 19 heavy (non-hydrogen) atoms. The average molecular weight is 265 g/mol. The number of nitrogens with zero attached hydrogens (tertiary/aromatic N) is 1. The minimum absolute atomic E-state index is 0.0610. The van der Waals surface area contributed by atoms with Crippen LogP contribution in [-0.4, -0.2) is 36.3 Å². The molecule has 104 valence electrons. The van der Waals surface area contributed by atoms with Gasteiger partial charge in [0.25, 0.3) is 5.56 Å². The topological polar surface area (TPSA) is 72.4 Å². The van der Waals surface area contributed by atoms with Gasteiger partial charge in [0.05, 0.1) is 18.9 Å². The summed E-state index contributed by atoms with van der Waals surface area (Å²) < 4.78 is 6.85. The first-order valence-electron chi connectivity index (χ1n) is 6.50. The van der Waals surface area contributed by atoms with Crippen molar-refractivity contribution in [2.45, 2.75) is 25.9 Å². The summed E-state index contributed by atoms with van der Waals surface area (Å²) in [6.45, 7) is 4.50. The van der Waals surface area contributed by atoms with Crippen molar-refractivity contribution in [3.05, 3.63) is 28.7 Å². The summed E-state index contributed by atoms with van der Waals surface area (Å²) >= 11 is 0. The highest BCUT2D eigenvalue weighted by Crippen LogP contribution is 2.06. The fourth-order valence-electron chi connectivity index (χ4n) is 2.04. The van der Waals surface area contributed by atoms with Gasteiger partial charge in [0.15, 0.2) is 0 Å². The molecule has 2 heterocycles. The number of hydrogen-bond acceptors (Lipinski definition) is 4. The van der Waals surface area contributed by atoms with Gasteiger partial charge in [-0.3, -0.25) is 9.59 Å². The number of rotatable bonds is 4.